The highest BCUT2D eigenvalue weighted by Gasteiger charge is 2.26. The smallest absolute Gasteiger partial charge is 0.255 e. The fourth-order valence-corrected chi connectivity index (χ4v) is 4.43. The molecule has 1 N–H and O–H groups in total. The molecule has 0 aliphatic carbocycles. The fourth-order valence-electron chi connectivity index (χ4n) is 3.94. The van der Waals surface area contributed by atoms with Crippen molar-refractivity contribution in [3.8, 4) is 11.3 Å². The average molecular weight is 532 g/mol. The number of aromatic nitrogens is 3. The molecule has 9 heteroatoms. The zero-order valence-corrected chi connectivity index (χ0v) is 20.0. The number of rotatable bonds is 4. The zero-order valence-electron chi connectivity index (χ0n) is 17.8. The number of fused-ring (bicyclic) bond motifs is 1. The van der Waals surface area contributed by atoms with Crippen LogP contribution in [-0.2, 0) is 4.79 Å². The van der Waals surface area contributed by atoms with E-state index in [0.717, 1.165) is 33.4 Å². The fraction of sp³-hybridized carbons (Fsp3) is 0.364. The third kappa shape index (κ3) is 4.57. The molecule has 3 aromatic rings. The van der Waals surface area contributed by atoms with Gasteiger partial charge in [-0.2, -0.15) is 5.10 Å². The molecule has 4 rings (SSSR count). The number of amides is 2. The van der Waals surface area contributed by atoms with Crippen molar-refractivity contribution in [2.24, 2.45) is 0 Å². The number of imidazole rings is 1. The topological polar surface area (TPSA) is 82.8 Å². The van der Waals surface area contributed by atoms with Crippen LogP contribution in [0.15, 0.2) is 36.5 Å². The van der Waals surface area contributed by atoms with Crippen molar-refractivity contribution in [3.05, 3.63) is 45.8 Å². The van der Waals surface area contributed by atoms with E-state index in [1.165, 1.54) is 6.92 Å². The van der Waals surface area contributed by atoms with Gasteiger partial charge in [-0.1, -0.05) is 6.07 Å². The Morgan fingerprint density at radius 2 is 1.90 bits per heavy atom. The summed E-state index contributed by atoms with van der Waals surface area (Å²) in [5.74, 6) is -0.273. The number of likely N-dealkylation sites (tertiary alicyclic amines) is 1. The Labute approximate surface area is 194 Å². The molecule has 8 nitrogen and oxygen atoms in total. The average Bonchev–Trinajstić information content (AvgIpc) is 3.13. The molecule has 31 heavy (non-hydrogen) atoms. The predicted octanol–water partition coefficient (Wildman–Crippen LogP) is 3.13. The van der Waals surface area contributed by atoms with E-state index in [-0.39, 0.29) is 11.8 Å². The number of hydrogen-bond acceptors (Lipinski definition) is 5. The SMILES string of the molecule is CC(=O)Nc1cc(-c2ccc3ncc(I)n3n2)ccc1C(=O)N1CCC(N(C)C)CC1. The standard InChI is InChI=1S/C22H25IN6O2/c1-14(30)25-19-12-15(18-6-7-21-24-13-20(23)29(21)26-18)4-5-17(19)22(31)28-10-8-16(9-11-28)27(2)3/h4-7,12-13,16H,8-11H2,1-3H3,(H,25,30). The first-order chi connectivity index (χ1) is 14.8. The first kappa shape index (κ1) is 21.7. The van der Waals surface area contributed by atoms with Gasteiger partial charge in [0, 0.05) is 31.6 Å². The van der Waals surface area contributed by atoms with Gasteiger partial charge >= 0.3 is 0 Å². The van der Waals surface area contributed by atoms with E-state index in [4.69, 9.17) is 0 Å². The van der Waals surface area contributed by atoms with Crippen LogP contribution in [0.1, 0.15) is 30.1 Å². The van der Waals surface area contributed by atoms with Crippen LogP contribution in [0, 0.1) is 3.70 Å². The van der Waals surface area contributed by atoms with Gasteiger partial charge in [0.25, 0.3) is 5.91 Å². The summed E-state index contributed by atoms with van der Waals surface area (Å²) < 4.78 is 2.67. The van der Waals surface area contributed by atoms with Gasteiger partial charge in [0.2, 0.25) is 5.91 Å². The molecular weight excluding hydrogens is 507 g/mol. The highest BCUT2D eigenvalue weighted by molar-refractivity contribution is 14.1. The van der Waals surface area contributed by atoms with Crippen LogP contribution in [0.5, 0.6) is 0 Å². The van der Waals surface area contributed by atoms with Crippen LogP contribution in [-0.4, -0.2) is 69.4 Å². The second-order valence-corrected chi connectivity index (χ2v) is 9.10. The molecule has 0 radical (unpaired) electrons. The van der Waals surface area contributed by atoms with Crippen LogP contribution in [0.2, 0.25) is 0 Å². The predicted molar refractivity (Wildman–Crippen MR) is 128 cm³/mol. The minimum Gasteiger partial charge on any atom is -0.338 e. The Balaban J connectivity index is 1.64. The van der Waals surface area contributed by atoms with Crippen molar-refractivity contribution in [1.82, 2.24) is 24.4 Å². The Morgan fingerprint density at radius 3 is 2.58 bits per heavy atom. The molecule has 1 saturated heterocycles. The Hall–Kier alpha value is -2.53. The Bertz CT molecular complexity index is 1130. The van der Waals surface area contributed by atoms with Crippen molar-refractivity contribution < 1.29 is 9.59 Å². The third-order valence-corrected chi connectivity index (χ3v) is 6.39. The number of carbonyl (C=O) groups excluding carboxylic acids is 2. The lowest BCUT2D eigenvalue weighted by molar-refractivity contribution is -0.114. The number of halogens is 1. The summed E-state index contributed by atoms with van der Waals surface area (Å²) in [4.78, 5) is 33.5. The van der Waals surface area contributed by atoms with E-state index in [2.05, 4.69) is 57.0 Å². The molecule has 3 heterocycles. The molecule has 0 saturated carbocycles. The van der Waals surface area contributed by atoms with Crippen LogP contribution in [0.3, 0.4) is 0 Å². The summed E-state index contributed by atoms with van der Waals surface area (Å²) in [7, 11) is 4.15. The second-order valence-electron chi connectivity index (χ2n) is 8.00. The maximum atomic E-state index is 13.2. The number of benzene rings is 1. The number of nitrogens with one attached hydrogen (secondary N) is 1. The largest absolute Gasteiger partial charge is 0.338 e. The molecule has 162 valence electrons. The Morgan fingerprint density at radius 1 is 1.16 bits per heavy atom. The summed E-state index contributed by atoms with van der Waals surface area (Å²) in [6, 6.07) is 9.76. The maximum Gasteiger partial charge on any atom is 0.255 e. The van der Waals surface area contributed by atoms with E-state index in [9.17, 15) is 9.59 Å². The maximum absolute atomic E-state index is 13.2. The monoisotopic (exact) mass is 532 g/mol. The van der Waals surface area contributed by atoms with E-state index in [1.807, 2.05) is 29.2 Å². The molecule has 1 fully saturated rings. The summed E-state index contributed by atoms with van der Waals surface area (Å²) >= 11 is 2.18. The molecule has 0 unspecified atom stereocenters. The van der Waals surface area contributed by atoms with Crippen LogP contribution < -0.4 is 5.32 Å². The summed E-state index contributed by atoms with van der Waals surface area (Å²) in [6.45, 7) is 2.86. The number of nitrogens with zero attached hydrogens (tertiary/aromatic N) is 5. The van der Waals surface area contributed by atoms with Gasteiger partial charge in [-0.15, -0.1) is 0 Å². The van der Waals surface area contributed by atoms with Crippen molar-refractivity contribution in [2.75, 3.05) is 32.5 Å². The summed E-state index contributed by atoms with van der Waals surface area (Å²) in [6.07, 6.45) is 3.65. The van der Waals surface area contributed by atoms with Crippen LogP contribution in [0.25, 0.3) is 16.9 Å². The van der Waals surface area contributed by atoms with Gasteiger partial charge in [0.05, 0.1) is 23.1 Å². The van der Waals surface area contributed by atoms with Gasteiger partial charge in [0.1, 0.15) is 3.70 Å². The van der Waals surface area contributed by atoms with Gasteiger partial charge in [0.15, 0.2) is 5.65 Å². The molecule has 1 aromatic carbocycles. The van der Waals surface area contributed by atoms with E-state index in [0.29, 0.717) is 30.4 Å². The number of piperidine rings is 1. The molecular formula is C22H25IN6O2. The molecule has 0 atom stereocenters. The van der Waals surface area contributed by atoms with Crippen LogP contribution in [0.4, 0.5) is 5.69 Å². The van der Waals surface area contributed by atoms with Crippen molar-refractivity contribution in [2.45, 2.75) is 25.8 Å². The highest BCUT2D eigenvalue weighted by atomic mass is 127. The first-order valence-electron chi connectivity index (χ1n) is 10.2. The zero-order chi connectivity index (χ0) is 22.1. The van der Waals surface area contributed by atoms with Crippen molar-refractivity contribution >= 4 is 45.7 Å². The van der Waals surface area contributed by atoms with Crippen molar-refractivity contribution in [1.29, 1.82) is 0 Å². The Kier molecular flexibility index (Phi) is 6.24. The normalized spacial score (nSPS) is 14.9. The second kappa shape index (κ2) is 8.91. The molecule has 2 amide bonds. The van der Waals surface area contributed by atoms with Gasteiger partial charge in [-0.05, 0) is 73.8 Å². The van der Waals surface area contributed by atoms with Crippen molar-refractivity contribution in [3.63, 3.8) is 0 Å². The third-order valence-electron chi connectivity index (χ3n) is 5.66. The van der Waals surface area contributed by atoms with Gasteiger partial charge in [-0.3, -0.25) is 9.59 Å². The minimum absolute atomic E-state index is 0.0555. The first-order valence-corrected chi connectivity index (χ1v) is 11.3. The number of anilines is 1. The highest BCUT2D eigenvalue weighted by Crippen LogP contribution is 2.27. The van der Waals surface area contributed by atoms with Crippen LogP contribution >= 0.6 is 22.6 Å². The molecule has 0 bridgehead atoms. The summed E-state index contributed by atoms with van der Waals surface area (Å²) in [5.41, 5.74) is 3.33. The van der Waals surface area contributed by atoms with E-state index < -0.39 is 0 Å². The number of hydrogen-bond donors (Lipinski definition) is 1. The molecule has 1 aliphatic rings. The lowest BCUT2D eigenvalue weighted by Gasteiger charge is -2.35. The lowest BCUT2D eigenvalue weighted by Crippen LogP contribution is -2.44. The molecule has 2 aromatic heterocycles. The van der Waals surface area contributed by atoms with E-state index in [1.54, 1.807) is 16.8 Å². The van der Waals surface area contributed by atoms with Gasteiger partial charge in [-0.25, -0.2) is 9.50 Å². The number of carbonyl (C=O) groups is 2. The minimum atomic E-state index is -0.218. The van der Waals surface area contributed by atoms with E-state index >= 15 is 0 Å². The van der Waals surface area contributed by atoms with Gasteiger partial charge < -0.3 is 15.1 Å². The molecule has 0 spiro atoms. The lowest BCUT2D eigenvalue weighted by atomic mass is 10.0. The quantitative estimate of drug-likeness (QED) is 0.523. The molecule has 1 aliphatic heterocycles. The summed E-state index contributed by atoms with van der Waals surface area (Å²) in [5, 5.41) is 7.48.